The van der Waals surface area contributed by atoms with Crippen molar-refractivity contribution < 1.29 is 14.2 Å². The van der Waals surface area contributed by atoms with E-state index in [1.165, 1.54) is 6.42 Å². The van der Waals surface area contributed by atoms with Gasteiger partial charge in [-0.1, -0.05) is 69.7 Å². The Balaban J connectivity index is 1.84. The zero-order valence-electron chi connectivity index (χ0n) is 18.0. The zero-order chi connectivity index (χ0) is 21.3. The van der Waals surface area contributed by atoms with Gasteiger partial charge in [-0.15, -0.1) is 0 Å². The molecule has 158 valence electrons. The van der Waals surface area contributed by atoms with E-state index in [0.29, 0.717) is 28.4 Å². The van der Waals surface area contributed by atoms with Gasteiger partial charge in [-0.2, -0.15) is 0 Å². The standard InChI is InChI=1S/C26H31O3P/c1-18(2)23-14-13-19(3)15-25(23)29-30(28,22-11-5-4-6-12-22)26-17-21-10-8-7-9-20(21)16-24(26)27/h4-12,16-19,23,25,27H,13-15H2,1-3H3/t19-,23+,25-,30?/m1/s1. The van der Waals surface area contributed by atoms with Crippen molar-refractivity contribution in [3.8, 4) is 5.75 Å². The largest absolute Gasteiger partial charge is 0.507 e. The van der Waals surface area contributed by atoms with E-state index in [2.05, 4.69) is 20.8 Å². The van der Waals surface area contributed by atoms with Gasteiger partial charge in [0.25, 0.3) is 7.37 Å². The van der Waals surface area contributed by atoms with E-state index >= 15 is 0 Å². The molecule has 4 atom stereocenters. The van der Waals surface area contributed by atoms with Crippen LogP contribution >= 0.6 is 7.37 Å². The van der Waals surface area contributed by atoms with Crippen LogP contribution in [-0.2, 0) is 9.09 Å². The van der Waals surface area contributed by atoms with Crippen molar-refractivity contribution in [3.05, 3.63) is 66.7 Å². The van der Waals surface area contributed by atoms with Crippen LogP contribution in [0.5, 0.6) is 5.75 Å². The molecule has 0 radical (unpaired) electrons. The molecular weight excluding hydrogens is 391 g/mol. The van der Waals surface area contributed by atoms with Crippen LogP contribution in [0.2, 0.25) is 0 Å². The lowest BCUT2D eigenvalue weighted by molar-refractivity contribution is 0.0514. The van der Waals surface area contributed by atoms with Crippen LogP contribution < -0.4 is 10.6 Å². The molecule has 0 bridgehead atoms. The summed E-state index contributed by atoms with van der Waals surface area (Å²) in [4.78, 5) is 0. The summed E-state index contributed by atoms with van der Waals surface area (Å²) >= 11 is 0. The molecule has 1 aliphatic rings. The lowest BCUT2D eigenvalue weighted by Gasteiger charge is -2.39. The first-order valence-electron chi connectivity index (χ1n) is 10.9. The quantitative estimate of drug-likeness (QED) is 0.494. The molecule has 1 N–H and O–H groups in total. The van der Waals surface area contributed by atoms with Crippen LogP contribution in [-0.4, -0.2) is 11.2 Å². The minimum absolute atomic E-state index is 0.0332. The number of rotatable bonds is 5. The molecule has 0 amide bonds. The summed E-state index contributed by atoms with van der Waals surface area (Å²) in [6.07, 6.45) is 3.07. The smallest absolute Gasteiger partial charge is 0.265 e. The SMILES string of the molecule is CC(C)[C@@H]1CC[C@@H](C)C[C@H]1OP(=O)(c1ccccc1)c1cc2ccccc2cc1O. The summed E-state index contributed by atoms with van der Waals surface area (Å²) < 4.78 is 21.3. The molecule has 0 saturated heterocycles. The molecule has 4 rings (SSSR count). The first kappa shape index (κ1) is 21.2. The third-order valence-electron chi connectivity index (χ3n) is 6.50. The highest BCUT2D eigenvalue weighted by Crippen LogP contribution is 2.52. The normalized spacial score (nSPS) is 24.1. The van der Waals surface area contributed by atoms with E-state index in [1.54, 1.807) is 6.07 Å². The molecule has 0 spiro atoms. The summed E-state index contributed by atoms with van der Waals surface area (Å²) in [5, 5.41) is 13.8. The maximum absolute atomic E-state index is 14.6. The maximum Gasteiger partial charge on any atom is 0.265 e. The van der Waals surface area contributed by atoms with Gasteiger partial charge in [0, 0.05) is 5.30 Å². The molecule has 1 saturated carbocycles. The summed E-state index contributed by atoms with van der Waals surface area (Å²) in [5.41, 5.74) is 0. The fraction of sp³-hybridized carbons (Fsp3) is 0.385. The number of hydrogen-bond acceptors (Lipinski definition) is 3. The molecule has 0 heterocycles. The van der Waals surface area contributed by atoms with E-state index in [9.17, 15) is 9.67 Å². The third-order valence-corrected chi connectivity index (χ3v) is 9.04. The number of aromatic hydroxyl groups is 1. The van der Waals surface area contributed by atoms with Gasteiger partial charge in [0.1, 0.15) is 5.75 Å². The topological polar surface area (TPSA) is 46.5 Å². The second-order valence-corrected chi connectivity index (χ2v) is 11.4. The molecule has 3 aromatic carbocycles. The molecule has 1 fully saturated rings. The van der Waals surface area contributed by atoms with Crippen LogP contribution in [0.4, 0.5) is 0 Å². The van der Waals surface area contributed by atoms with Crippen molar-refractivity contribution in [2.45, 2.75) is 46.1 Å². The molecule has 3 aromatic rings. The van der Waals surface area contributed by atoms with Crippen molar-refractivity contribution in [2.75, 3.05) is 0 Å². The average molecular weight is 423 g/mol. The van der Waals surface area contributed by atoms with E-state index in [-0.39, 0.29) is 11.9 Å². The average Bonchev–Trinajstić information content (AvgIpc) is 2.73. The highest BCUT2D eigenvalue weighted by Gasteiger charge is 2.40. The Labute approximate surface area is 179 Å². The van der Waals surface area contributed by atoms with E-state index < -0.39 is 7.37 Å². The summed E-state index contributed by atoms with van der Waals surface area (Å²) in [7, 11) is -3.49. The van der Waals surface area contributed by atoms with Gasteiger partial charge in [-0.05, 0) is 65.6 Å². The fourth-order valence-electron chi connectivity index (χ4n) is 4.76. The van der Waals surface area contributed by atoms with Crippen LogP contribution in [0.25, 0.3) is 10.8 Å². The van der Waals surface area contributed by atoms with Gasteiger partial charge in [-0.3, -0.25) is 4.57 Å². The monoisotopic (exact) mass is 422 g/mol. The fourth-order valence-corrected chi connectivity index (χ4v) is 7.14. The molecule has 0 aromatic heterocycles. The number of fused-ring (bicyclic) bond motifs is 1. The lowest BCUT2D eigenvalue weighted by Crippen LogP contribution is -2.36. The number of benzene rings is 3. The Morgan fingerprint density at radius 3 is 2.27 bits per heavy atom. The number of phenols is 1. The second kappa shape index (κ2) is 8.57. The molecule has 30 heavy (non-hydrogen) atoms. The van der Waals surface area contributed by atoms with Crippen molar-refractivity contribution >= 4 is 28.8 Å². The van der Waals surface area contributed by atoms with Crippen molar-refractivity contribution in [3.63, 3.8) is 0 Å². The van der Waals surface area contributed by atoms with Crippen molar-refractivity contribution in [2.24, 2.45) is 17.8 Å². The molecule has 1 unspecified atom stereocenters. The minimum atomic E-state index is -3.49. The van der Waals surface area contributed by atoms with Crippen LogP contribution in [0, 0.1) is 17.8 Å². The first-order valence-corrected chi connectivity index (χ1v) is 12.6. The molecular formula is C26H31O3P. The lowest BCUT2D eigenvalue weighted by atomic mass is 9.75. The van der Waals surface area contributed by atoms with E-state index in [0.717, 1.165) is 23.6 Å². The van der Waals surface area contributed by atoms with Gasteiger partial charge in [0.05, 0.1) is 11.4 Å². The number of phenolic OH excluding ortho intramolecular Hbond substituents is 1. The Morgan fingerprint density at radius 1 is 0.967 bits per heavy atom. The van der Waals surface area contributed by atoms with Crippen LogP contribution in [0.1, 0.15) is 40.0 Å². The minimum Gasteiger partial charge on any atom is -0.507 e. The third kappa shape index (κ3) is 4.06. The first-order chi connectivity index (χ1) is 14.4. The van der Waals surface area contributed by atoms with Gasteiger partial charge < -0.3 is 9.63 Å². The van der Waals surface area contributed by atoms with Crippen LogP contribution in [0.15, 0.2) is 66.7 Å². The van der Waals surface area contributed by atoms with Gasteiger partial charge >= 0.3 is 0 Å². The Hall–Kier alpha value is -2.09. The molecule has 1 aliphatic carbocycles. The second-order valence-electron chi connectivity index (χ2n) is 9.05. The molecule has 4 heteroatoms. The Morgan fingerprint density at radius 2 is 1.60 bits per heavy atom. The summed E-state index contributed by atoms with van der Waals surface area (Å²) in [5.74, 6) is 1.39. The van der Waals surface area contributed by atoms with Crippen molar-refractivity contribution in [1.82, 2.24) is 0 Å². The van der Waals surface area contributed by atoms with Crippen LogP contribution in [0.3, 0.4) is 0 Å². The zero-order valence-corrected chi connectivity index (χ0v) is 18.9. The molecule has 0 aliphatic heterocycles. The van der Waals surface area contributed by atoms with Gasteiger partial charge in [0.15, 0.2) is 0 Å². The Kier molecular flexibility index (Phi) is 6.04. The predicted octanol–water partition coefficient (Wildman–Crippen LogP) is 6.25. The van der Waals surface area contributed by atoms with Gasteiger partial charge in [-0.25, -0.2) is 0 Å². The Bertz CT molecular complexity index is 1060. The van der Waals surface area contributed by atoms with Crippen molar-refractivity contribution in [1.29, 1.82) is 0 Å². The number of hydrogen-bond donors (Lipinski definition) is 1. The predicted molar refractivity (Wildman–Crippen MR) is 125 cm³/mol. The van der Waals surface area contributed by atoms with E-state index in [1.807, 2.05) is 60.7 Å². The highest BCUT2D eigenvalue weighted by atomic mass is 31.2. The summed E-state index contributed by atoms with van der Waals surface area (Å²) in [6.45, 7) is 6.68. The molecule has 3 nitrogen and oxygen atoms in total. The highest BCUT2D eigenvalue weighted by molar-refractivity contribution is 7.74. The summed E-state index contributed by atoms with van der Waals surface area (Å²) in [6, 6.07) is 20.7. The van der Waals surface area contributed by atoms with E-state index in [4.69, 9.17) is 4.52 Å². The maximum atomic E-state index is 14.6. The van der Waals surface area contributed by atoms with Gasteiger partial charge in [0.2, 0.25) is 0 Å².